The molecule has 0 aliphatic carbocycles. The lowest BCUT2D eigenvalue weighted by molar-refractivity contribution is -0.117. The quantitative estimate of drug-likeness (QED) is 0.858. The number of rotatable bonds is 3. The number of nitrogens with zero attached hydrogens (tertiary/aromatic N) is 3. The molecule has 0 N–H and O–H groups in total. The Balaban J connectivity index is 1.62. The monoisotopic (exact) mass is 295 g/mol. The van der Waals surface area contributed by atoms with E-state index in [4.69, 9.17) is 16.3 Å². The first kappa shape index (κ1) is 12.5. The van der Waals surface area contributed by atoms with Gasteiger partial charge in [0.05, 0.1) is 0 Å². The van der Waals surface area contributed by atoms with E-state index in [-0.39, 0.29) is 12.5 Å². The average molecular weight is 296 g/mol. The second kappa shape index (κ2) is 4.86. The third-order valence-corrected chi connectivity index (χ3v) is 4.00. The maximum absolute atomic E-state index is 11.1. The van der Waals surface area contributed by atoms with Crippen LogP contribution in [0.1, 0.15) is 5.56 Å². The molecule has 0 unspecified atom stereocenters. The molecule has 5 nitrogen and oxygen atoms in total. The lowest BCUT2D eigenvalue weighted by Crippen LogP contribution is -2.16. The molecule has 0 bridgehead atoms. The van der Waals surface area contributed by atoms with Crippen molar-refractivity contribution in [2.24, 2.45) is 10.1 Å². The Morgan fingerprint density at radius 2 is 2.37 bits per heavy atom. The summed E-state index contributed by atoms with van der Waals surface area (Å²) in [5.41, 5.74) is 0.968. The lowest BCUT2D eigenvalue weighted by atomic mass is 10.2. The zero-order valence-electron chi connectivity index (χ0n) is 10.1. The number of halogens is 1. The van der Waals surface area contributed by atoms with Gasteiger partial charge in [0, 0.05) is 5.02 Å². The predicted octanol–water partition coefficient (Wildman–Crippen LogP) is 2.29. The zero-order valence-corrected chi connectivity index (χ0v) is 11.7. The first-order valence-corrected chi connectivity index (χ1v) is 6.84. The molecule has 1 aromatic carbocycles. The van der Waals surface area contributed by atoms with Crippen LogP contribution < -0.4 is 4.74 Å². The number of benzene rings is 1. The number of amides is 1. The van der Waals surface area contributed by atoms with E-state index in [1.165, 1.54) is 11.8 Å². The normalized spacial score (nSPS) is 17.4. The van der Waals surface area contributed by atoms with Gasteiger partial charge in [-0.25, -0.2) is 5.01 Å². The maximum atomic E-state index is 11.1. The van der Waals surface area contributed by atoms with Gasteiger partial charge in [0.25, 0.3) is 5.91 Å². The molecule has 7 heteroatoms. The molecule has 2 aliphatic rings. The standard InChI is InChI=1S/C12H10ClN3O2S/c1-7-4-8(2-3-9(7)13)18-6-11-15-16-5-10(17)14-12(16)19-11/h2-4H,5-6H2,1H3. The largest absolute Gasteiger partial charge is 0.487 e. The minimum Gasteiger partial charge on any atom is -0.487 e. The molecule has 98 valence electrons. The second-order valence-corrected chi connectivity index (χ2v) is 5.59. The third-order valence-electron chi connectivity index (χ3n) is 2.66. The van der Waals surface area contributed by atoms with Crippen molar-refractivity contribution < 1.29 is 9.53 Å². The van der Waals surface area contributed by atoms with E-state index in [1.54, 1.807) is 11.1 Å². The number of aliphatic imine (C=N–C) groups is 1. The summed E-state index contributed by atoms with van der Waals surface area (Å²) in [7, 11) is 0. The lowest BCUT2D eigenvalue weighted by Gasteiger charge is -2.06. The molecule has 2 heterocycles. The van der Waals surface area contributed by atoms with E-state index >= 15 is 0 Å². The van der Waals surface area contributed by atoms with Gasteiger partial charge in [0.15, 0.2) is 5.17 Å². The first-order chi connectivity index (χ1) is 9.11. The molecule has 0 atom stereocenters. The van der Waals surface area contributed by atoms with Crippen LogP contribution in [0.2, 0.25) is 5.02 Å². The van der Waals surface area contributed by atoms with Crippen molar-refractivity contribution in [2.75, 3.05) is 13.2 Å². The Kier molecular flexibility index (Phi) is 3.20. The van der Waals surface area contributed by atoms with Crippen LogP contribution >= 0.6 is 23.4 Å². The highest BCUT2D eigenvalue weighted by Gasteiger charge is 2.30. The highest BCUT2D eigenvalue weighted by atomic mass is 35.5. The first-order valence-electron chi connectivity index (χ1n) is 5.65. The Hall–Kier alpha value is -1.53. The maximum Gasteiger partial charge on any atom is 0.269 e. The molecule has 0 spiro atoms. The van der Waals surface area contributed by atoms with Crippen LogP contribution in [0.4, 0.5) is 0 Å². The Labute approximate surface area is 119 Å². The number of hydrogen-bond acceptors (Lipinski definition) is 5. The van der Waals surface area contributed by atoms with Gasteiger partial charge in [0.1, 0.15) is 23.9 Å². The number of carbonyl (C=O) groups excluding carboxylic acids is 1. The molecule has 1 amide bonds. The highest BCUT2D eigenvalue weighted by molar-refractivity contribution is 8.27. The van der Waals surface area contributed by atoms with Crippen molar-refractivity contribution >= 4 is 39.5 Å². The molecule has 0 saturated carbocycles. The van der Waals surface area contributed by atoms with Crippen molar-refractivity contribution in [1.82, 2.24) is 5.01 Å². The van der Waals surface area contributed by atoms with Crippen LogP contribution in [0.25, 0.3) is 0 Å². The summed E-state index contributed by atoms with van der Waals surface area (Å²) >= 11 is 7.31. The number of amidine groups is 1. The van der Waals surface area contributed by atoms with E-state index in [0.717, 1.165) is 16.4 Å². The molecule has 19 heavy (non-hydrogen) atoms. The number of hydrazone groups is 1. The molecule has 0 radical (unpaired) electrons. The van der Waals surface area contributed by atoms with Crippen molar-refractivity contribution in [1.29, 1.82) is 0 Å². The van der Waals surface area contributed by atoms with Crippen LogP contribution in [0.5, 0.6) is 5.75 Å². The van der Waals surface area contributed by atoms with Gasteiger partial charge in [-0.15, -0.1) is 0 Å². The van der Waals surface area contributed by atoms with Gasteiger partial charge in [-0.2, -0.15) is 10.1 Å². The summed E-state index contributed by atoms with van der Waals surface area (Å²) in [6, 6.07) is 5.50. The number of thioether (sulfide) groups is 1. The molecule has 3 rings (SSSR count). The number of aryl methyl sites for hydroxylation is 1. The van der Waals surface area contributed by atoms with Crippen molar-refractivity contribution in [3.63, 3.8) is 0 Å². The summed E-state index contributed by atoms with van der Waals surface area (Å²) in [6.07, 6.45) is 0. The van der Waals surface area contributed by atoms with Crippen LogP contribution in [0.15, 0.2) is 28.3 Å². The third kappa shape index (κ3) is 2.59. The zero-order chi connectivity index (χ0) is 13.4. The summed E-state index contributed by atoms with van der Waals surface area (Å²) in [5, 5.41) is 8.00. The Bertz CT molecular complexity index is 615. The molecule has 1 aromatic rings. The van der Waals surface area contributed by atoms with Gasteiger partial charge >= 0.3 is 0 Å². The van der Waals surface area contributed by atoms with Crippen LogP contribution in [0, 0.1) is 6.92 Å². The van der Waals surface area contributed by atoms with Crippen molar-refractivity contribution in [2.45, 2.75) is 6.92 Å². The Morgan fingerprint density at radius 1 is 1.53 bits per heavy atom. The van der Waals surface area contributed by atoms with E-state index in [2.05, 4.69) is 10.1 Å². The fourth-order valence-electron chi connectivity index (χ4n) is 1.72. The van der Waals surface area contributed by atoms with Gasteiger partial charge < -0.3 is 4.74 Å². The van der Waals surface area contributed by atoms with Crippen molar-refractivity contribution in [3.8, 4) is 5.75 Å². The second-order valence-electron chi connectivity index (χ2n) is 4.14. The SMILES string of the molecule is Cc1cc(OCC2=NN3CC(=O)N=C3S2)ccc1Cl. The molecule has 0 aromatic heterocycles. The van der Waals surface area contributed by atoms with E-state index in [0.29, 0.717) is 16.8 Å². The smallest absolute Gasteiger partial charge is 0.269 e. The van der Waals surface area contributed by atoms with Gasteiger partial charge in [-0.3, -0.25) is 4.79 Å². The van der Waals surface area contributed by atoms with Gasteiger partial charge in [-0.1, -0.05) is 11.6 Å². The summed E-state index contributed by atoms with van der Waals surface area (Å²) < 4.78 is 5.64. The van der Waals surface area contributed by atoms with E-state index in [9.17, 15) is 4.79 Å². The molecule has 0 saturated heterocycles. The molecule has 2 aliphatic heterocycles. The fraction of sp³-hybridized carbons (Fsp3) is 0.250. The Morgan fingerprint density at radius 3 is 3.11 bits per heavy atom. The van der Waals surface area contributed by atoms with E-state index < -0.39 is 0 Å². The van der Waals surface area contributed by atoms with Gasteiger partial charge in [0.2, 0.25) is 0 Å². The average Bonchev–Trinajstić information content (AvgIpc) is 2.87. The summed E-state index contributed by atoms with van der Waals surface area (Å²) in [5.74, 6) is 0.592. The fourth-order valence-corrected chi connectivity index (χ4v) is 2.66. The molecule has 0 fully saturated rings. The predicted molar refractivity (Wildman–Crippen MR) is 75.9 cm³/mol. The molecular weight excluding hydrogens is 286 g/mol. The topological polar surface area (TPSA) is 54.3 Å². The number of ether oxygens (including phenoxy) is 1. The van der Waals surface area contributed by atoms with Crippen molar-refractivity contribution in [3.05, 3.63) is 28.8 Å². The number of fused-ring (bicyclic) bond motifs is 1. The summed E-state index contributed by atoms with van der Waals surface area (Å²) in [6.45, 7) is 2.51. The van der Waals surface area contributed by atoms with E-state index in [1.807, 2.05) is 19.1 Å². The highest BCUT2D eigenvalue weighted by Crippen LogP contribution is 2.26. The summed E-state index contributed by atoms with van der Waals surface area (Å²) in [4.78, 5) is 14.9. The minimum atomic E-state index is -0.153. The molecular formula is C12H10ClN3O2S. The number of carbonyl (C=O) groups is 1. The number of hydrogen-bond donors (Lipinski definition) is 0. The van der Waals surface area contributed by atoms with Crippen LogP contribution in [-0.4, -0.2) is 34.3 Å². The van der Waals surface area contributed by atoms with Gasteiger partial charge in [-0.05, 0) is 42.4 Å². The van der Waals surface area contributed by atoms with Crippen LogP contribution in [0.3, 0.4) is 0 Å². The minimum absolute atomic E-state index is 0.153. The van der Waals surface area contributed by atoms with Crippen LogP contribution in [-0.2, 0) is 4.79 Å².